The SMILES string of the molecule is c1ccc(N2c3ccccc3C3CN(CC4[C@H]5CCCC[C@H]45)CCC32)cc1. The monoisotopic (exact) mass is 358 g/mol. The molecule has 2 aliphatic carbocycles. The van der Waals surface area contributed by atoms with Crippen LogP contribution in [0, 0.1) is 17.8 Å². The van der Waals surface area contributed by atoms with Crippen molar-refractivity contribution in [2.45, 2.75) is 44.1 Å². The number of benzene rings is 2. The summed E-state index contributed by atoms with van der Waals surface area (Å²) in [7, 11) is 0. The summed E-state index contributed by atoms with van der Waals surface area (Å²) in [5.41, 5.74) is 4.38. The van der Waals surface area contributed by atoms with Crippen molar-refractivity contribution in [2.75, 3.05) is 24.5 Å². The summed E-state index contributed by atoms with van der Waals surface area (Å²) in [5, 5.41) is 0. The maximum absolute atomic E-state index is 2.81. The van der Waals surface area contributed by atoms with Crippen molar-refractivity contribution in [1.29, 1.82) is 0 Å². The first-order valence-corrected chi connectivity index (χ1v) is 11.1. The van der Waals surface area contributed by atoms with E-state index in [-0.39, 0.29) is 0 Å². The van der Waals surface area contributed by atoms with Gasteiger partial charge < -0.3 is 9.80 Å². The van der Waals surface area contributed by atoms with Crippen molar-refractivity contribution in [3.05, 3.63) is 60.2 Å². The summed E-state index contributed by atoms with van der Waals surface area (Å²) in [5.74, 6) is 3.84. The molecule has 2 heterocycles. The zero-order valence-corrected chi connectivity index (χ0v) is 16.1. The highest BCUT2D eigenvalue weighted by Crippen LogP contribution is 2.56. The summed E-state index contributed by atoms with van der Waals surface area (Å²) in [6.45, 7) is 3.89. The molecule has 2 unspecified atom stereocenters. The lowest BCUT2D eigenvalue weighted by Gasteiger charge is -2.39. The summed E-state index contributed by atoms with van der Waals surface area (Å²) in [4.78, 5) is 5.45. The van der Waals surface area contributed by atoms with E-state index in [1.165, 1.54) is 63.1 Å². The predicted octanol–water partition coefficient (Wildman–Crippen LogP) is 5.43. The minimum absolute atomic E-state index is 0.627. The number of nitrogens with zero attached hydrogens (tertiary/aromatic N) is 2. The van der Waals surface area contributed by atoms with Gasteiger partial charge in [-0.1, -0.05) is 49.2 Å². The molecule has 2 saturated carbocycles. The highest BCUT2D eigenvalue weighted by molar-refractivity contribution is 5.72. The summed E-state index contributed by atoms with van der Waals surface area (Å²) in [6.07, 6.45) is 7.29. The minimum Gasteiger partial charge on any atom is -0.337 e. The Hall–Kier alpha value is -1.80. The van der Waals surface area contributed by atoms with Gasteiger partial charge in [0.1, 0.15) is 0 Å². The predicted molar refractivity (Wildman–Crippen MR) is 112 cm³/mol. The molecule has 4 aliphatic rings. The smallest absolute Gasteiger partial charge is 0.0450 e. The van der Waals surface area contributed by atoms with E-state index in [4.69, 9.17) is 0 Å². The third-order valence-corrected chi connectivity index (χ3v) is 7.93. The maximum Gasteiger partial charge on any atom is 0.0450 e. The highest BCUT2D eigenvalue weighted by atomic mass is 15.2. The van der Waals surface area contributed by atoms with Gasteiger partial charge in [-0.25, -0.2) is 0 Å². The van der Waals surface area contributed by atoms with E-state index < -0.39 is 0 Å². The maximum atomic E-state index is 2.81. The average molecular weight is 359 g/mol. The number of likely N-dealkylation sites (tertiary alicyclic amines) is 1. The van der Waals surface area contributed by atoms with Crippen LogP contribution in [0.5, 0.6) is 0 Å². The molecular weight excluding hydrogens is 328 g/mol. The molecule has 27 heavy (non-hydrogen) atoms. The fourth-order valence-electron chi connectivity index (χ4n) is 6.62. The lowest BCUT2D eigenvalue weighted by atomic mass is 9.89. The lowest BCUT2D eigenvalue weighted by Crippen LogP contribution is -2.45. The summed E-state index contributed by atoms with van der Waals surface area (Å²) < 4.78 is 0. The molecule has 2 heteroatoms. The molecule has 0 bridgehead atoms. The van der Waals surface area contributed by atoms with Crippen molar-refractivity contribution in [1.82, 2.24) is 4.90 Å². The molecule has 0 spiro atoms. The number of hydrogen-bond acceptors (Lipinski definition) is 2. The molecule has 0 aromatic heterocycles. The van der Waals surface area contributed by atoms with Crippen LogP contribution in [0.15, 0.2) is 54.6 Å². The zero-order chi connectivity index (χ0) is 17.8. The molecule has 140 valence electrons. The van der Waals surface area contributed by atoms with Crippen molar-refractivity contribution >= 4 is 11.4 Å². The summed E-state index contributed by atoms with van der Waals surface area (Å²) in [6, 6.07) is 20.8. The Morgan fingerprint density at radius 3 is 2.37 bits per heavy atom. The third kappa shape index (κ3) is 2.64. The van der Waals surface area contributed by atoms with Crippen LogP contribution in [0.2, 0.25) is 0 Å². The molecule has 2 aliphatic heterocycles. The second-order valence-corrected chi connectivity index (χ2v) is 9.26. The van der Waals surface area contributed by atoms with E-state index in [2.05, 4.69) is 64.4 Å². The fourth-order valence-corrected chi connectivity index (χ4v) is 6.62. The van der Waals surface area contributed by atoms with E-state index in [9.17, 15) is 0 Å². The fraction of sp³-hybridized carbons (Fsp3) is 0.520. The molecule has 2 aromatic rings. The molecular formula is C25H30N2. The van der Waals surface area contributed by atoms with Gasteiger partial charge in [0.15, 0.2) is 0 Å². The van der Waals surface area contributed by atoms with Gasteiger partial charge in [-0.05, 0) is 60.8 Å². The first-order valence-electron chi connectivity index (χ1n) is 11.1. The number of piperidine rings is 1. The Bertz CT molecular complexity index is 804. The van der Waals surface area contributed by atoms with Crippen LogP contribution >= 0.6 is 0 Å². The van der Waals surface area contributed by atoms with Gasteiger partial charge in [0, 0.05) is 43.0 Å². The third-order valence-electron chi connectivity index (χ3n) is 7.93. The molecule has 2 nitrogen and oxygen atoms in total. The molecule has 0 amide bonds. The normalized spacial score (nSPS) is 34.7. The van der Waals surface area contributed by atoms with Crippen LogP contribution in [0.3, 0.4) is 0 Å². The Kier molecular flexibility index (Phi) is 3.82. The molecule has 2 aromatic carbocycles. The van der Waals surface area contributed by atoms with Crippen molar-refractivity contribution < 1.29 is 0 Å². The number of para-hydroxylation sites is 2. The van der Waals surface area contributed by atoms with Gasteiger partial charge in [-0.2, -0.15) is 0 Å². The van der Waals surface area contributed by atoms with Crippen LogP contribution in [0.4, 0.5) is 11.4 Å². The molecule has 0 N–H and O–H groups in total. The highest BCUT2D eigenvalue weighted by Gasteiger charge is 2.51. The minimum atomic E-state index is 0.627. The van der Waals surface area contributed by atoms with E-state index in [0.717, 1.165) is 17.8 Å². The number of rotatable bonds is 3. The topological polar surface area (TPSA) is 6.48 Å². The van der Waals surface area contributed by atoms with E-state index in [0.29, 0.717) is 12.0 Å². The zero-order valence-electron chi connectivity index (χ0n) is 16.1. The first kappa shape index (κ1) is 16.2. The van der Waals surface area contributed by atoms with Gasteiger partial charge in [-0.15, -0.1) is 0 Å². The van der Waals surface area contributed by atoms with Crippen molar-refractivity contribution in [3.8, 4) is 0 Å². The van der Waals surface area contributed by atoms with E-state index >= 15 is 0 Å². The molecule has 3 fully saturated rings. The second-order valence-electron chi connectivity index (χ2n) is 9.26. The van der Waals surface area contributed by atoms with Crippen LogP contribution in [-0.2, 0) is 0 Å². The molecule has 6 rings (SSSR count). The largest absolute Gasteiger partial charge is 0.337 e. The van der Waals surface area contributed by atoms with Crippen LogP contribution < -0.4 is 4.90 Å². The van der Waals surface area contributed by atoms with Gasteiger partial charge in [0.05, 0.1) is 0 Å². The van der Waals surface area contributed by atoms with Crippen LogP contribution in [0.25, 0.3) is 0 Å². The van der Waals surface area contributed by atoms with E-state index in [1.54, 1.807) is 5.56 Å². The number of fused-ring (bicyclic) bond motifs is 4. The average Bonchev–Trinajstić information content (AvgIpc) is 3.32. The Morgan fingerprint density at radius 1 is 0.815 bits per heavy atom. The standard InChI is InChI=1S/C25H30N2/c1-2-8-18(9-3-1)27-24-13-7-6-12-21(24)23-17-26(15-14-25(23)27)16-22-19-10-4-5-11-20(19)22/h1-3,6-9,12-13,19-20,22-23,25H,4-5,10-11,14-17H2/t19-,20-,23?,25?/m0/s1. The molecule has 4 atom stereocenters. The van der Waals surface area contributed by atoms with Crippen molar-refractivity contribution in [2.24, 2.45) is 17.8 Å². The van der Waals surface area contributed by atoms with Crippen molar-refractivity contribution in [3.63, 3.8) is 0 Å². The summed E-state index contributed by atoms with van der Waals surface area (Å²) >= 11 is 0. The Morgan fingerprint density at radius 2 is 1.56 bits per heavy atom. The first-order chi connectivity index (χ1) is 13.4. The number of anilines is 2. The van der Waals surface area contributed by atoms with Gasteiger partial charge in [0.25, 0.3) is 0 Å². The van der Waals surface area contributed by atoms with Crippen LogP contribution in [-0.4, -0.2) is 30.6 Å². The van der Waals surface area contributed by atoms with Crippen LogP contribution in [0.1, 0.15) is 43.6 Å². The quantitative estimate of drug-likeness (QED) is 0.721. The van der Waals surface area contributed by atoms with Gasteiger partial charge in [-0.3, -0.25) is 0 Å². The Balaban J connectivity index is 1.25. The molecule has 0 radical (unpaired) electrons. The van der Waals surface area contributed by atoms with E-state index in [1.807, 2.05) is 0 Å². The van der Waals surface area contributed by atoms with Gasteiger partial charge >= 0.3 is 0 Å². The second kappa shape index (κ2) is 6.38. The van der Waals surface area contributed by atoms with Gasteiger partial charge in [0.2, 0.25) is 0 Å². The lowest BCUT2D eigenvalue weighted by molar-refractivity contribution is 0.185. The molecule has 1 saturated heterocycles. The number of hydrogen-bond donors (Lipinski definition) is 0. The Labute approximate surface area is 163 Å².